The van der Waals surface area contributed by atoms with Crippen LogP contribution in [0.25, 0.3) is 11.5 Å². The second-order valence-corrected chi connectivity index (χ2v) is 5.50. The van der Waals surface area contributed by atoms with Gasteiger partial charge in [-0.2, -0.15) is 13.2 Å². The topological polar surface area (TPSA) is 81.1 Å². The van der Waals surface area contributed by atoms with Gasteiger partial charge < -0.3 is 15.5 Å². The highest BCUT2D eigenvalue weighted by atomic mass is 19.4. The SMILES string of the molecule is Nc1cccc(-c2nc(C(=O)NCc3ccccc3C(F)(F)F)co2)c1. The molecular weight excluding hydrogens is 347 g/mol. The number of rotatable bonds is 4. The summed E-state index contributed by atoms with van der Waals surface area (Å²) < 4.78 is 44.2. The molecule has 0 spiro atoms. The summed E-state index contributed by atoms with van der Waals surface area (Å²) in [6.07, 6.45) is -3.35. The molecular formula is C18H14F3N3O2. The van der Waals surface area contributed by atoms with Crippen LogP contribution < -0.4 is 11.1 Å². The summed E-state index contributed by atoms with van der Waals surface area (Å²) in [7, 11) is 0. The highest BCUT2D eigenvalue weighted by molar-refractivity contribution is 5.92. The third kappa shape index (κ3) is 3.85. The van der Waals surface area contributed by atoms with Crippen molar-refractivity contribution in [1.29, 1.82) is 0 Å². The van der Waals surface area contributed by atoms with Crippen molar-refractivity contribution < 1.29 is 22.4 Å². The lowest BCUT2D eigenvalue weighted by Crippen LogP contribution is -2.24. The Bertz CT molecular complexity index is 935. The summed E-state index contributed by atoms with van der Waals surface area (Å²) in [6, 6.07) is 11.8. The Labute approximate surface area is 146 Å². The molecule has 0 aliphatic carbocycles. The number of oxazole rings is 1. The van der Waals surface area contributed by atoms with Crippen LogP contribution in [-0.2, 0) is 12.7 Å². The number of hydrogen-bond acceptors (Lipinski definition) is 4. The molecule has 0 radical (unpaired) electrons. The van der Waals surface area contributed by atoms with E-state index < -0.39 is 17.6 Å². The van der Waals surface area contributed by atoms with Crippen molar-refractivity contribution >= 4 is 11.6 Å². The summed E-state index contributed by atoms with van der Waals surface area (Å²) in [5.41, 5.74) is 5.92. The number of nitrogens with two attached hydrogens (primary N) is 1. The van der Waals surface area contributed by atoms with Crippen molar-refractivity contribution in [2.24, 2.45) is 0 Å². The van der Waals surface area contributed by atoms with Gasteiger partial charge in [-0.15, -0.1) is 0 Å². The summed E-state index contributed by atoms with van der Waals surface area (Å²) in [5.74, 6) is -0.445. The van der Waals surface area contributed by atoms with Crippen LogP contribution in [0, 0.1) is 0 Å². The van der Waals surface area contributed by atoms with Gasteiger partial charge in [-0.25, -0.2) is 4.98 Å². The molecule has 0 aliphatic heterocycles. The Morgan fingerprint density at radius 3 is 2.65 bits per heavy atom. The molecule has 0 saturated heterocycles. The van der Waals surface area contributed by atoms with E-state index in [1.165, 1.54) is 18.2 Å². The molecule has 0 saturated carbocycles. The number of carbonyl (C=O) groups is 1. The summed E-state index contributed by atoms with van der Waals surface area (Å²) >= 11 is 0. The van der Waals surface area contributed by atoms with Gasteiger partial charge in [0.05, 0.1) is 5.56 Å². The number of hydrogen-bond donors (Lipinski definition) is 2. The quantitative estimate of drug-likeness (QED) is 0.691. The molecule has 5 nitrogen and oxygen atoms in total. The largest absolute Gasteiger partial charge is 0.444 e. The van der Waals surface area contributed by atoms with Crippen molar-refractivity contribution in [3.63, 3.8) is 0 Å². The van der Waals surface area contributed by atoms with Crippen LogP contribution in [0.2, 0.25) is 0 Å². The van der Waals surface area contributed by atoms with Crippen LogP contribution in [0.5, 0.6) is 0 Å². The standard InChI is InChI=1S/C18H14F3N3O2/c19-18(20,21)14-7-2-1-4-12(14)9-23-16(25)15-10-26-17(24-15)11-5-3-6-13(22)8-11/h1-8,10H,9,22H2,(H,23,25). The maximum atomic E-state index is 13.0. The molecule has 1 amide bonds. The Morgan fingerprint density at radius 1 is 1.15 bits per heavy atom. The van der Waals surface area contributed by atoms with E-state index in [0.29, 0.717) is 11.3 Å². The van der Waals surface area contributed by atoms with Gasteiger partial charge in [0.1, 0.15) is 6.26 Å². The first-order chi connectivity index (χ1) is 12.3. The third-order valence-electron chi connectivity index (χ3n) is 3.63. The lowest BCUT2D eigenvalue weighted by molar-refractivity contribution is -0.138. The van der Waals surface area contributed by atoms with E-state index in [4.69, 9.17) is 10.2 Å². The molecule has 0 unspecified atom stereocenters. The van der Waals surface area contributed by atoms with Gasteiger partial charge >= 0.3 is 6.18 Å². The fourth-order valence-corrected chi connectivity index (χ4v) is 2.40. The molecule has 2 aromatic carbocycles. The van der Waals surface area contributed by atoms with Gasteiger partial charge in [-0.05, 0) is 29.8 Å². The zero-order valence-electron chi connectivity index (χ0n) is 13.4. The van der Waals surface area contributed by atoms with Crippen LogP contribution in [0.1, 0.15) is 21.6 Å². The Hall–Kier alpha value is -3.29. The minimum absolute atomic E-state index is 0.0344. The number of halogens is 3. The highest BCUT2D eigenvalue weighted by Crippen LogP contribution is 2.31. The van der Waals surface area contributed by atoms with Crippen molar-refractivity contribution in [2.45, 2.75) is 12.7 Å². The molecule has 3 aromatic rings. The fraction of sp³-hybridized carbons (Fsp3) is 0.111. The van der Waals surface area contributed by atoms with Gasteiger partial charge in [0, 0.05) is 17.8 Å². The molecule has 8 heteroatoms. The van der Waals surface area contributed by atoms with E-state index >= 15 is 0 Å². The van der Waals surface area contributed by atoms with Crippen molar-refractivity contribution in [1.82, 2.24) is 10.3 Å². The normalized spacial score (nSPS) is 11.3. The zero-order valence-corrected chi connectivity index (χ0v) is 13.4. The molecule has 0 fully saturated rings. The lowest BCUT2D eigenvalue weighted by Gasteiger charge is -2.12. The van der Waals surface area contributed by atoms with Crippen LogP contribution in [-0.4, -0.2) is 10.9 Å². The monoisotopic (exact) mass is 361 g/mol. The van der Waals surface area contributed by atoms with Gasteiger partial charge in [0.15, 0.2) is 5.69 Å². The average molecular weight is 361 g/mol. The number of nitrogen functional groups attached to an aromatic ring is 1. The smallest absolute Gasteiger partial charge is 0.416 e. The number of nitrogens with one attached hydrogen (secondary N) is 1. The second kappa shape index (κ2) is 6.91. The first-order valence-corrected chi connectivity index (χ1v) is 7.59. The highest BCUT2D eigenvalue weighted by Gasteiger charge is 2.32. The molecule has 3 rings (SSSR count). The first kappa shape index (κ1) is 17.5. The lowest BCUT2D eigenvalue weighted by atomic mass is 10.1. The maximum absolute atomic E-state index is 13.0. The molecule has 134 valence electrons. The van der Waals surface area contributed by atoms with E-state index in [1.807, 2.05) is 0 Å². The minimum Gasteiger partial charge on any atom is -0.444 e. The molecule has 0 atom stereocenters. The Kier molecular flexibility index (Phi) is 4.66. The van der Waals surface area contributed by atoms with Crippen molar-refractivity contribution in [3.05, 3.63) is 71.6 Å². The fourth-order valence-electron chi connectivity index (χ4n) is 2.40. The van der Waals surface area contributed by atoms with E-state index in [9.17, 15) is 18.0 Å². The summed E-state index contributed by atoms with van der Waals surface area (Å²) in [4.78, 5) is 16.2. The number of carbonyl (C=O) groups excluding carboxylic acids is 1. The number of benzene rings is 2. The molecule has 1 aromatic heterocycles. The van der Waals surface area contributed by atoms with Gasteiger partial charge in [0.2, 0.25) is 5.89 Å². The first-order valence-electron chi connectivity index (χ1n) is 7.59. The van der Waals surface area contributed by atoms with Crippen molar-refractivity contribution in [2.75, 3.05) is 5.73 Å². The van der Waals surface area contributed by atoms with E-state index in [0.717, 1.165) is 12.3 Å². The molecule has 0 bridgehead atoms. The average Bonchev–Trinajstić information content (AvgIpc) is 3.09. The predicted octanol–water partition coefficient (Wildman–Crippen LogP) is 3.87. The molecule has 26 heavy (non-hydrogen) atoms. The van der Waals surface area contributed by atoms with Crippen LogP contribution >= 0.6 is 0 Å². The van der Waals surface area contributed by atoms with E-state index in [2.05, 4.69) is 10.3 Å². The number of anilines is 1. The van der Waals surface area contributed by atoms with Gasteiger partial charge in [-0.3, -0.25) is 4.79 Å². The van der Waals surface area contributed by atoms with E-state index in [1.54, 1.807) is 24.3 Å². The summed E-state index contributed by atoms with van der Waals surface area (Å²) in [5, 5.41) is 2.42. The predicted molar refractivity (Wildman–Crippen MR) is 89.0 cm³/mol. The molecule has 1 heterocycles. The van der Waals surface area contributed by atoms with Crippen LogP contribution in [0.3, 0.4) is 0 Å². The molecule has 0 aliphatic rings. The second-order valence-electron chi connectivity index (χ2n) is 5.50. The van der Waals surface area contributed by atoms with Crippen LogP contribution in [0.4, 0.5) is 18.9 Å². The number of amides is 1. The Balaban J connectivity index is 1.72. The number of aromatic nitrogens is 1. The summed E-state index contributed by atoms with van der Waals surface area (Å²) in [6.45, 7) is -0.283. The van der Waals surface area contributed by atoms with E-state index in [-0.39, 0.29) is 23.7 Å². The van der Waals surface area contributed by atoms with Gasteiger partial charge in [-0.1, -0.05) is 24.3 Å². The maximum Gasteiger partial charge on any atom is 0.416 e. The number of nitrogens with zero attached hydrogens (tertiary/aromatic N) is 1. The zero-order chi connectivity index (χ0) is 18.7. The molecule has 3 N–H and O–H groups in total. The number of alkyl halides is 3. The van der Waals surface area contributed by atoms with Gasteiger partial charge in [0.25, 0.3) is 5.91 Å². The van der Waals surface area contributed by atoms with Crippen molar-refractivity contribution in [3.8, 4) is 11.5 Å². The minimum atomic E-state index is -4.49. The van der Waals surface area contributed by atoms with Crippen LogP contribution in [0.15, 0.2) is 59.2 Å². The third-order valence-corrected chi connectivity index (χ3v) is 3.63. The Morgan fingerprint density at radius 2 is 1.92 bits per heavy atom.